The van der Waals surface area contributed by atoms with Gasteiger partial charge in [0.05, 0.1) is 18.1 Å². The van der Waals surface area contributed by atoms with Crippen molar-refractivity contribution in [3.05, 3.63) is 82.8 Å². The number of nitrogens with one attached hydrogen (secondary N) is 3. The van der Waals surface area contributed by atoms with Crippen molar-refractivity contribution in [3.63, 3.8) is 0 Å². The minimum Gasteiger partial charge on any atom is -0.362 e. The smallest absolute Gasteiger partial charge is 0.266 e. The summed E-state index contributed by atoms with van der Waals surface area (Å²) in [4.78, 5) is 22.1. The van der Waals surface area contributed by atoms with Gasteiger partial charge in [-0.3, -0.25) is 9.36 Å². The largest absolute Gasteiger partial charge is 0.362 e. The maximum Gasteiger partial charge on any atom is 0.266 e. The maximum absolute atomic E-state index is 14.6. The van der Waals surface area contributed by atoms with Crippen LogP contribution in [-0.2, 0) is 0 Å². The van der Waals surface area contributed by atoms with E-state index in [1.54, 1.807) is 16.7 Å². The van der Waals surface area contributed by atoms with Gasteiger partial charge in [-0.15, -0.1) is 0 Å². The van der Waals surface area contributed by atoms with Gasteiger partial charge in [0.15, 0.2) is 11.6 Å². The molecule has 2 aromatic heterocycles. The normalized spacial score (nSPS) is 13.4. The Balaban J connectivity index is 1.71. The van der Waals surface area contributed by atoms with Gasteiger partial charge in [0, 0.05) is 11.4 Å². The Kier molecular flexibility index (Phi) is 4.74. The topological polar surface area (TPSA) is 83.9 Å². The van der Waals surface area contributed by atoms with Crippen LogP contribution in [0.5, 0.6) is 0 Å². The van der Waals surface area contributed by atoms with E-state index < -0.39 is 5.82 Å². The van der Waals surface area contributed by atoms with Gasteiger partial charge in [0.25, 0.3) is 5.56 Å². The quantitative estimate of drug-likeness (QED) is 0.450. The zero-order valence-electron chi connectivity index (χ0n) is 16.9. The van der Waals surface area contributed by atoms with Crippen molar-refractivity contribution in [1.82, 2.24) is 14.5 Å². The van der Waals surface area contributed by atoms with Crippen LogP contribution in [0.4, 0.5) is 21.7 Å². The van der Waals surface area contributed by atoms with E-state index in [-0.39, 0.29) is 17.0 Å². The molecule has 3 heterocycles. The van der Waals surface area contributed by atoms with Gasteiger partial charge >= 0.3 is 0 Å². The second kappa shape index (κ2) is 7.71. The summed E-state index contributed by atoms with van der Waals surface area (Å²) < 4.78 is 16.2. The molecule has 2 aromatic carbocycles. The number of para-hydroxylation sites is 1. The van der Waals surface area contributed by atoms with E-state index in [1.807, 2.05) is 43.3 Å². The SMILES string of the molecule is CC[C@H](Nc1ncnc2c1NCN2)c1cc2cccc(F)c2c(=O)n1-c1ccccc1. The Morgan fingerprint density at radius 3 is 2.77 bits per heavy atom. The first-order chi connectivity index (χ1) is 15.2. The van der Waals surface area contributed by atoms with E-state index in [2.05, 4.69) is 25.9 Å². The van der Waals surface area contributed by atoms with Crippen molar-refractivity contribution >= 4 is 28.1 Å². The van der Waals surface area contributed by atoms with Gasteiger partial charge < -0.3 is 16.0 Å². The molecule has 0 unspecified atom stereocenters. The van der Waals surface area contributed by atoms with Crippen molar-refractivity contribution in [2.75, 3.05) is 22.6 Å². The van der Waals surface area contributed by atoms with E-state index in [0.29, 0.717) is 30.0 Å². The highest BCUT2D eigenvalue weighted by Crippen LogP contribution is 2.33. The molecule has 0 bridgehead atoms. The molecule has 0 saturated heterocycles. The number of benzene rings is 2. The first-order valence-electron chi connectivity index (χ1n) is 10.2. The number of pyridine rings is 1. The predicted molar refractivity (Wildman–Crippen MR) is 120 cm³/mol. The molecule has 4 aromatic rings. The van der Waals surface area contributed by atoms with Crippen LogP contribution in [0.3, 0.4) is 0 Å². The van der Waals surface area contributed by atoms with Crippen molar-refractivity contribution in [3.8, 4) is 5.69 Å². The monoisotopic (exact) mass is 416 g/mol. The Morgan fingerprint density at radius 2 is 1.97 bits per heavy atom. The number of anilines is 3. The molecule has 3 N–H and O–H groups in total. The molecule has 0 aliphatic carbocycles. The molecule has 31 heavy (non-hydrogen) atoms. The molecule has 1 aliphatic heterocycles. The number of fused-ring (bicyclic) bond motifs is 2. The molecular weight excluding hydrogens is 395 g/mol. The predicted octanol–water partition coefficient (Wildman–Crippen LogP) is 4.28. The average molecular weight is 416 g/mol. The minimum absolute atomic E-state index is 0.0822. The molecule has 156 valence electrons. The molecule has 0 amide bonds. The number of halogens is 1. The van der Waals surface area contributed by atoms with Crippen molar-refractivity contribution < 1.29 is 4.39 Å². The molecule has 7 nitrogen and oxygen atoms in total. The van der Waals surface area contributed by atoms with Crippen LogP contribution in [0.1, 0.15) is 25.1 Å². The molecule has 0 spiro atoms. The van der Waals surface area contributed by atoms with Crippen LogP contribution in [-0.4, -0.2) is 21.2 Å². The number of aromatic nitrogens is 3. The summed E-state index contributed by atoms with van der Waals surface area (Å²) in [5, 5.41) is 10.5. The Bertz CT molecular complexity index is 1320. The molecule has 0 radical (unpaired) electrons. The molecular formula is C23H21FN6O. The first kappa shape index (κ1) is 19.0. The summed E-state index contributed by atoms with van der Waals surface area (Å²) in [5.41, 5.74) is 1.82. The van der Waals surface area contributed by atoms with Crippen LogP contribution in [0.15, 0.2) is 65.7 Å². The zero-order chi connectivity index (χ0) is 21.4. The molecule has 5 rings (SSSR count). The van der Waals surface area contributed by atoms with E-state index in [0.717, 1.165) is 17.2 Å². The lowest BCUT2D eigenvalue weighted by atomic mass is 10.0. The molecule has 0 saturated carbocycles. The van der Waals surface area contributed by atoms with Crippen LogP contribution in [0.2, 0.25) is 0 Å². The summed E-state index contributed by atoms with van der Waals surface area (Å²) in [5.74, 6) is 0.852. The van der Waals surface area contributed by atoms with E-state index in [1.165, 1.54) is 12.4 Å². The lowest BCUT2D eigenvalue weighted by Gasteiger charge is -2.24. The highest BCUT2D eigenvalue weighted by molar-refractivity contribution is 5.84. The molecule has 1 atom stereocenters. The third-order valence-electron chi connectivity index (χ3n) is 5.48. The van der Waals surface area contributed by atoms with Crippen molar-refractivity contribution in [2.45, 2.75) is 19.4 Å². The average Bonchev–Trinajstić information content (AvgIpc) is 3.27. The third kappa shape index (κ3) is 3.26. The van der Waals surface area contributed by atoms with Crippen molar-refractivity contribution in [1.29, 1.82) is 0 Å². The van der Waals surface area contributed by atoms with Crippen molar-refractivity contribution in [2.24, 2.45) is 0 Å². The highest BCUT2D eigenvalue weighted by atomic mass is 19.1. The molecule has 0 fully saturated rings. The second-order valence-corrected chi connectivity index (χ2v) is 7.33. The third-order valence-corrected chi connectivity index (χ3v) is 5.48. The fourth-order valence-corrected chi connectivity index (χ4v) is 4.00. The summed E-state index contributed by atoms with van der Waals surface area (Å²) in [6, 6.07) is 15.6. The van der Waals surface area contributed by atoms with E-state index in [9.17, 15) is 9.18 Å². The van der Waals surface area contributed by atoms with Gasteiger partial charge in [0.2, 0.25) is 0 Å². The van der Waals surface area contributed by atoms with Gasteiger partial charge in [-0.1, -0.05) is 37.3 Å². The lowest BCUT2D eigenvalue weighted by molar-refractivity contribution is 0.635. The van der Waals surface area contributed by atoms with E-state index in [4.69, 9.17) is 0 Å². The summed E-state index contributed by atoms with van der Waals surface area (Å²) in [7, 11) is 0. The molecule has 8 heteroatoms. The maximum atomic E-state index is 14.6. The second-order valence-electron chi connectivity index (χ2n) is 7.33. The summed E-state index contributed by atoms with van der Waals surface area (Å²) >= 11 is 0. The number of hydrogen-bond donors (Lipinski definition) is 3. The fraction of sp³-hybridized carbons (Fsp3) is 0.174. The van der Waals surface area contributed by atoms with Crippen LogP contribution < -0.4 is 21.5 Å². The number of nitrogens with zero attached hydrogens (tertiary/aromatic N) is 3. The van der Waals surface area contributed by atoms with Crippen LogP contribution in [0, 0.1) is 5.82 Å². The van der Waals surface area contributed by atoms with E-state index >= 15 is 0 Å². The summed E-state index contributed by atoms with van der Waals surface area (Å²) in [6.07, 6.45) is 2.17. The zero-order valence-corrected chi connectivity index (χ0v) is 16.9. The molecule has 1 aliphatic rings. The Morgan fingerprint density at radius 1 is 1.13 bits per heavy atom. The Labute approximate surface area is 178 Å². The standard InChI is InChI=1S/C23H21FN6O/c1-2-17(29-22-20-21(26-12-25-20)27-13-28-22)18-11-14-7-6-10-16(24)19(14)23(31)30(18)15-8-4-3-5-9-15/h3-11,13,17,25H,2,12H2,1H3,(H2,26,27,28,29)/t17-/m0/s1. The van der Waals surface area contributed by atoms with Gasteiger partial charge in [0.1, 0.15) is 17.8 Å². The number of rotatable bonds is 5. The summed E-state index contributed by atoms with van der Waals surface area (Å²) in [6.45, 7) is 2.60. The highest BCUT2D eigenvalue weighted by Gasteiger charge is 2.23. The fourth-order valence-electron chi connectivity index (χ4n) is 4.00. The van der Waals surface area contributed by atoms with Crippen LogP contribution >= 0.6 is 0 Å². The number of hydrogen-bond acceptors (Lipinski definition) is 6. The first-order valence-corrected chi connectivity index (χ1v) is 10.2. The Hall–Kier alpha value is -3.94. The van der Waals surface area contributed by atoms with Gasteiger partial charge in [-0.25, -0.2) is 14.4 Å². The van der Waals surface area contributed by atoms with Gasteiger partial charge in [-0.2, -0.15) is 0 Å². The van der Waals surface area contributed by atoms with Gasteiger partial charge in [-0.05, 0) is 36.1 Å². The minimum atomic E-state index is -0.524. The lowest BCUT2D eigenvalue weighted by Crippen LogP contribution is -2.27. The van der Waals surface area contributed by atoms with Crippen LogP contribution in [0.25, 0.3) is 16.5 Å².